The lowest BCUT2D eigenvalue weighted by atomic mass is 10.1. The van der Waals surface area contributed by atoms with Crippen LogP contribution in [-0.2, 0) is 13.0 Å². The van der Waals surface area contributed by atoms with Crippen LogP contribution in [0.4, 0.5) is 0 Å². The highest BCUT2D eigenvalue weighted by atomic mass is 16.3. The molecule has 0 amide bonds. The zero-order valence-electron chi connectivity index (χ0n) is 10.2. The van der Waals surface area contributed by atoms with Crippen molar-refractivity contribution in [3.63, 3.8) is 0 Å². The van der Waals surface area contributed by atoms with Crippen molar-refractivity contribution >= 4 is 0 Å². The van der Waals surface area contributed by atoms with Crippen LogP contribution in [0.1, 0.15) is 11.1 Å². The van der Waals surface area contributed by atoms with Crippen molar-refractivity contribution < 1.29 is 5.11 Å². The summed E-state index contributed by atoms with van der Waals surface area (Å²) in [6, 6.07) is 10.2. The van der Waals surface area contributed by atoms with E-state index in [1.165, 1.54) is 11.9 Å². The highest BCUT2D eigenvalue weighted by Gasteiger charge is 2.07. The summed E-state index contributed by atoms with van der Waals surface area (Å²) in [5.41, 5.74) is 2.23. The zero-order valence-corrected chi connectivity index (χ0v) is 10.2. The van der Waals surface area contributed by atoms with Crippen molar-refractivity contribution in [1.29, 1.82) is 0 Å². The molecule has 1 aromatic heterocycles. The van der Waals surface area contributed by atoms with E-state index in [4.69, 9.17) is 0 Å². The standard InChI is InChI=1S/C14H17N3O/c18-10-14(6-12-4-2-1-3-5-12)17-9-13-7-15-11-16-8-13/h1-5,7-8,11,14,17-18H,6,9-10H2/t14-/m0/s1. The normalized spacial score (nSPS) is 12.3. The van der Waals surface area contributed by atoms with Gasteiger partial charge < -0.3 is 10.4 Å². The predicted molar refractivity (Wildman–Crippen MR) is 69.9 cm³/mol. The molecule has 0 aliphatic rings. The van der Waals surface area contributed by atoms with Crippen molar-refractivity contribution in [2.24, 2.45) is 0 Å². The molecule has 0 aliphatic heterocycles. The SMILES string of the molecule is OC[C@H](Cc1ccccc1)NCc1cncnc1. The van der Waals surface area contributed by atoms with Crippen molar-refractivity contribution in [1.82, 2.24) is 15.3 Å². The number of hydrogen-bond donors (Lipinski definition) is 2. The van der Waals surface area contributed by atoms with E-state index in [2.05, 4.69) is 27.4 Å². The molecular formula is C14H17N3O. The maximum atomic E-state index is 9.37. The van der Waals surface area contributed by atoms with Gasteiger partial charge in [0.1, 0.15) is 6.33 Å². The van der Waals surface area contributed by atoms with Crippen molar-refractivity contribution in [2.75, 3.05) is 6.61 Å². The molecule has 0 fully saturated rings. The first-order chi connectivity index (χ1) is 8.88. The summed E-state index contributed by atoms with van der Waals surface area (Å²) in [6.07, 6.45) is 5.87. The second-order valence-electron chi connectivity index (χ2n) is 4.20. The Bertz CT molecular complexity index is 447. The number of nitrogens with one attached hydrogen (secondary N) is 1. The van der Waals surface area contributed by atoms with Crippen LogP contribution < -0.4 is 5.32 Å². The first-order valence-corrected chi connectivity index (χ1v) is 6.00. The lowest BCUT2D eigenvalue weighted by Gasteiger charge is -2.16. The molecule has 0 unspecified atom stereocenters. The summed E-state index contributed by atoms with van der Waals surface area (Å²) in [5, 5.41) is 12.7. The van der Waals surface area contributed by atoms with E-state index < -0.39 is 0 Å². The second-order valence-corrected chi connectivity index (χ2v) is 4.20. The van der Waals surface area contributed by atoms with Gasteiger partial charge in [0.25, 0.3) is 0 Å². The Morgan fingerprint density at radius 1 is 1.06 bits per heavy atom. The van der Waals surface area contributed by atoms with Crippen LogP contribution in [0, 0.1) is 0 Å². The summed E-state index contributed by atoms with van der Waals surface area (Å²) in [5.74, 6) is 0. The molecule has 0 saturated carbocycles. The lowest BCUT2D eigenvalue weighted by molar-refractivity contribution is 0.240. The van der Waals surface area contributed by atoms with E-state index in [1.54, 1.807) is 12.4 Å². The summed E-state index contributed by atoms with van der Waals surface area (Å²) in [7, 11) is 0. The van der Waals surface area contributed by atoms with Gasteiger partial charge in [0, 0.05) is 30.5 Å². The van der Waals surface area contributed by atoms with Crippen molar-refractivity contribution in [3.05, 3.63) is 60.2 Å². The molecule has 18 heavy (non-hydrogen) atoms. The van der Waals surface area contributed by atoms with Gasteiger partial charge >= 0.3 is 0 Å². The Labute approximate surface area is 107 Å². The smallest absolute Gasteiger partial charge is 0.115 e. The Balaban J connectivity index is 1.86. The van der Waals surface area contributed by atoms with Gasteiger partial charge in [0.05, 0.1) is 6.61 Å². The van der Waals surface area contributed by atoms with E-state index >= 15 is 0 Å². The van der Waals surface area contributed by atoms with Crippen LogP contribution >= 0.6 is 0 Å². The van der Waals surface area contributed by atoms with Gasteiger partial charge in [-0.15, -0.1) is 0 Å². The molecule has 2 rings (SSSR count). The fraction of sp³-hybridized carbons (Fsp3) is 0.286. The average Bonchev–Trinajstić information content (AvgIpc) is 2.45. The molecule has 2 N–H and O–H groups in total. The third-order valence-corrected chi connectivity index (χ3v) is 2.75. The molecule has 0 aliphatic carbocycles. The number of hydrogen-bond acceptors (Lipinski definition) is 4. The zero-order chi connectivity index (χ0) is 12.6. The molecule has 0 saturated heterocycles. The minimum atomic E-state index is 0.0487. The Morgan fingerprint density at radius 2 is 1.78 bits per heavy atom. The van der Waals surface area contributed by atoms with Gasteiger partial charge in [-0.2, -0.15) is 0 Å². The highest BCUT2D eigenvalue weighted by molar-refractivity contribution is 5.16. The molecule has 94 valence electrons. The van der Waals surface area contributed by atoms with Gasteiger partial charge in [-0.3, -0.25) is 0 Å². The summed E-state index contributed by atoms with van der Waals surface area (Å²) >= 11 is 0. The highest BCUT2D eigenvalue weighted by Crippen LogP contribution is 2.03. The topological polar surface area (TPSA) is 58.0 Å². The maximum Gasteiger partial charge on any atom is 0.115 e. The van der Waals surface area contributed by atoms with Crippen LogP contribution in [0.5, 0.6) is 0 Å². The fourth-order valence-electron chi connectivity index (χ4n) is 1.78. The fourth-order valence-corrected chi connectivity index (χ4v) is 1.78. The number of aliphatic hydroxyl groups excluding tert-OH is 1. The van der Waals surface area contributed by atoms with Gasteiger partial charge in [0.15, 0.2) is 0 Å². The molecule has 2 aromatic rings. The summed E-state index contributed by atoms with van der Waals surface area (Å²) < 4.78 is 0. The summed E-state index contributed by atoms with van der Waals surface area (Å²) in [4.78, 5) is 7.92. The van der Waals surface area contributed by atoms with Gasteiger partial charge in [0.2, 0.25) is 0 Å². The van der Waals surface area contributed by atoms with E-state index in [9.17, 15) is 5.11 Å². The van der Waals surface area contributed by atoms with Gasteiger partial charge in [-0.05, 0) is 12.0 Å². The molecule has 4 heteroatoms. The lowest BCUT2D eigenvalue weighted by Crippen LogP contribution is -2.34. The van der Waals surface area contributed by atoms with E-state index in [1.807, 2.05) is 18.2 Å². The monoisotopic (exact) mass is 243 g/mol. The van der Waals surface area contributed by atoms with Gasteiger partial charge in [-0.1, -0.05) is 30.3 Å². The van der Waals surface area contributed by atoms with E-state index in [0.717, 1.165) is 12.0 Å². The molecule has 0 bridgehead atoms. The number of nitrogens with zero attached hydrogens (tertiary/aromatic N) is 2. The second kappa shape index (κ2) is 6.83. The summed E-state index contributed by atoms with van der Waals surface area (Å²) in [6.45, 7) is 0.779. The molecule has 0 radical (unpaired) electrons. The minimum absolute atomic E-state index is 0.0487. The van der Waals surface area contributed by atoms with Crippen LogP contribution in [0.2, 0.25) is 0 Å². The third-order valence-electron chi connectivity index (χ3n) is 2.75. The average molecular weight is 243 g/mol. The van der Waals surface area contributed by atoms with Crippen molar-refractivity contribution in [2.45, 2.75) is 19.0 Å². The number of aliphatic hydroxyl groups is 1. The molecule has 4 nitrogen and oxygen atoms in total. The number of benzene rings is 1. The van der Waals surface area contributed by atoms with E-state index in [-0.39, 0.29) is 12.6 Å². The van der Waals surface area contributed by atoms with Crippen LogP contribution in [0.3, 0.4) is 0 Å². The van der Waals surface area contributed by atoms with Crippen LogP contribution in [0.15, 0.2) is 49.1 Å². The molecule has 1 aromatic carbocycles. The third kappa shape index (κ3) is 3.91. The quantitative estimate of drug-likeness (QED) is 0.799. The molecular weight excluding hydrogens is 226 g/mol. The largest absolute Gasteiger partial charge is 0.395 e. The number of rotatable bonds is 6. The predicted octanol–water partition coefficient (Wildman–Crippen LogP) is 1.17. The first-order valence-electron chi connectivity index (χ1n) is 6.00. The van der Waals surface area contributed by atoms with Crippen LogP contribution in [-0.4, -0.2) is 27.7 Å². The maximum absolute atomic E-state index is 9.37. The minimum Gasteiger partial charge on any atom is -0.395 e. The Hall–Kier alpha value is -1.78. The molecule has 1 atom stereocenters. The van der Waals surface area contributed by atoms with Crippen LogP contribution in [0.25, 0.3) is 0 Å². The molecule has 0 spiro atoms. The first kappa shape index (κ1) is 12.7. The Morgan fingerprint density at radius 3 is 2.44 bits per heavy atom. The Kier molecular flexibility index (Phi) is 4.81. The number of aromatic nitrogens is 2. The van der Waals surface area contributed by atoms with Crippen molar-refractivity contribution in [3.8, 4) is 0 Å². The molecule has 1 heterocycles. The van der Waals surface area contributed by atoms with Gasteiger partial charge in [-0.25, -0.2) is 9.97 Å². The van der Waals surface area contributed by atoms with E-state index in [0.29, 0.717) is 6.54 Å².